The molecule has 3 aromatic rings. The van der Waals surface area contributed by atoms with Gasteiger partial charge in [0.05, 0.1) is 11.7 Å². The fourth-order valence-electron chi connectivity index (χ4n) is 3.76. The number of aryl methyl sites for hydroxylation is 2. The van der Waals surface area contributed by atoms with Crippen molar-refractivity contribution in [2.45, 2.75) is 45.7 Å². The van der Waals surface area contributed by atoms with E-state index in [-0.39, 0.29) is 18.5 Å². The fourth-order valence-corrected chi connectivity index (χ4v) is 5.10. The second-order valence-corrected chi connectivity index (χ2v) is 8.83. The molecule has 0 aliphatic heterocycles. The monoisotopic (exact) mass is 424 g/mol. The summed E-state index contributed by atoms with van der Waals surface area (Å²) >= 11 is 1.61. The first kappa shape index (κ1) is 20.3. The van der Waals surface area contributed by atoms with E-state index in [2.05, 4.69) is 22.5 Å². The maximum absolute atomic E-state index is 13.0. The van der Waals surface area contributed by atoms with E-state index < -0.39 is 11.9 Å². The Labute approximate surface area is 178 Å². The van der Waals surface area contributed by atoms with Gasteiger partial charge in [0.25, 0.3) is 5.56 Å². The number of hydrogen-bond donors (Lipinski definition) is 2. The first-order valence-corrected chi connectivity index (χ1v) is 10.9. The minimum Gasteiger partial charge on any atom is -0.334 e. The van der Waals surface area contributed by atoms with Crippen molar-refractivity contribution in [1.82, 2.24) is 20.2 Å². The van der Waals surface area contributed by atoms with Gasteiger partial charge >= 0.3 is 6.03 Å². The average Bonchev–Trinajstić information content (AvgIpc) is 3.10. The smallest absolute Gasteiger partial charge is 0.321 e. The molecular weight excluding hydrogens is 400 g/mol. The topological polar surface area (TPSA) is 93.1 Å². The van der Waals surface area contributed by atoms with Gasteiger partial charge in [-0.15, -0.1) is 11.3 Å². The molecule has 7 nitrogen and oxygen atoms in total. The van der Waals surface area contributed by atoms with Gasteiger partial charge in [0, 0.05) is 24.4 Å². The van der Waals surface area contributed by atoms with Crippen LogP contribution >= 0.6 is 11.3 Å². The van der Waals surface area contributed by atoms with Gasteiger partial charge in [-0.05, 0) is 36.3 Å². The molecule has 1 aromatic carbocycles. The van der Waals surface area contributed by atoms with Crippen molar-refractivity contribution in [2.75, 3.05) is 0 Å². The highest BCUT2D eigenvalue weighted by Crippen LogP contribution is 2.35. The number of aromatic nitrogens is 2. The molecule has 2 heterocycles. The van der Waals surface area contributed by atoms with Crippen LogP contribution in [0.3, 0.4) is 0 Å². The molecule has 30 heavy (non-hydrogen) atoms. The summed E-state index contributed by atoms with van der Waals surface area (Å²) in [4.78, 5) is 43.5. The summed E-state index contributed by atoms with van der Waals surface area (Å²) in [6.45, 7) is 2.75. The number of nitrogens with zero attached hydrogens (tertiary/aromatic N) is 2. The summed E-state index contributed by atoms with van der Waals surface area (Å²) in [5.74, 6) is 0.193. The van der Waals surface area contributed by atoms with Crippen LogP contribution < -0.4 is 16.2 Å². The Bertz CT molecular complexity index is 1140. The summed E-state index contributed by atoms with van der Waals surface area (Å²) in [6.07, 6.45) is 4.50. The Balaban J connectivity index is 1.36. The van der Waals surface area contributed by atoms with E-state index in [9.17, 15) is 14.4 Å². The maximum atomic E-state index is 13.0. The third-order valence-corrected chi connectivity index (χ3v) is 6.57. The van der Waals surface area contributed by atoms with Gasteiger partial charge in [0.1, 0.15) is 4.83 Å². The molecule has 0 saturated heterocycles. The zero-order valence-electron chi connectivity index (χ0n) is 16.8. The van der Waals surface area contributed by atoms with Gasteiger partial charge in [0.15, 0.2) is 0 Å². The Hall–Kier alpha value is -3.00. The van der Waals surface area contributed by atoms with Crippen LogP contribution in [0.5, 0.6) is 0 Å². The molecule has 156 valence electrons. The molecule has 0 spiro atoms. The largest absolute Gasteiger partial charge is 0.334 e. The molecule has 8 heteroatoms. The number of thiophene rings is 1. The van der Waals surface area contributed by atoms with Crippen LogP contribution in [0.2, 0.25) is 0 Å². The van der Waals surface area contributed by atoms with Crippen molar-refractivity contribution in [2.24, 2.45) is 5.92 Å². The number of urea groups is 1. The van der Waals surface area contributed by atoms with E-state index in [0.29, 0.717) is 17.8 Å². The quantitative estimate of drug-likeness (QED) is 0.658. The van der Waals surface area contributed by atoms with Crippen molar-refractivity contribution < 1.29 is 9.59 Å². The van der Waals surface area contributed by atoms with E-state index in [1.165, 1.54) is 15.8 Å². The van der Waals surface area contributed by atoms with E-state index in [4.69, 9.17) is 0 Å². The van der Waals surface area contributed by atoms with Crippen molar-refractivity contribution in [3.8, 4) is 0 Å². The summed E-state index contributed by atoms with van der Waals surface area (Å²) in [5.41, 5.74) is 1.97. The lowest BCUT2D eigenvalue weighted by atomic mass is 9.89. The first-order valence-electron chi connectivity index (χ1n) is 10.1. The minimum absolute atomic E-state index is 0.0230. The van der Waals surface area contributed by atoms with Crippen molar-refractivity contribution in [3.05, 3.63) is 63.0 Å². The number of imide groups is 1. The van der Waals surface area contributed by atoms with E-state index >= 15 is 0 Å². The molecule has 1 atom stereocenters. The van der Waals surface area contributed by atoms with Crippen LogP contribution in [-0.2, 0) is 30.7 Å². The van der Waals surface area contributed by atoms with Gasteiger partial charge in [-0.2, -0.15) is 0 Å². The standard InChI is InChI=1S/C22H24N4O3S/c1-14-7-8-16-17(11-14)30-20-19(16)21(28)26(13-24-20)10-9-18(27)25-22(29)23-12-15-5-3-2-4-6-15/h2-6,13-14H,7-12H2,1H3,(H2,23,25,27,29). The first-order chi connectivity index (χ1) is 14.5. The van der Waals surface area contributed by atoms with Crippen LogP contribution in [-0.4, -0.2) is 21.5 Å². The van der Waals surface area contributed by atoms with Crippen LogP contribution in [0, 0.1) is 5.92 Å². The van der Waals surface area contributed by atoms with Crippen molar-refractivity contribution in [3.63, 3.8) is 0 Å². The Morgan fingerprint density at radius 3 is 2.87 bits per heavy atom. The summed E-state index contributed by atoms with van der Waals surface area (Å²) in [7, 11) is 0. The molecule has 1 unspecified atom stereocenters. The lowest BCUT2D eigenvalue weighted by Crippen LogP contribution is -2.39. The second-order valence-electron chi connectivity index (χ2n) is 7.74. The third kappa shape index (κ3) is 4.43. The molecule has 1 aliphatic carbocycles. The molecule has 3 amide bonds. The van der Waals surface area contributed by atoms with Crippen LogP contribution in [0.25, 0.3) is 10.2 Å². The zero-order chi connectivity index (χ0) is 21.1. The third-order valence-electron chi connectivity index (χ3n) is 5.41. The lowest BCUT2D eigenvalue weighted by Gasteiger charge is -2.17. The molecule has 2 aromatic heterocycles. The van der Waals surface area contributed by atoms with Crippen LogP contribution in [0.1, 0.15) is 35.8 Å². The number of benzene rings is 1. The van der Waals surface area contributed by atoms with Gasteiger partial charge in [0.2, 0.25) is 5.91 Å². The molecule has 0 bridgehead atoms. The van der Waals surface area contributed by atoms with Gasteiger partial charge in [-0.1, -0.05) is 37.3 Å². The van der Waals surface area contributed by atoms with Crippen LogP contribution in [0.4, 0.5) is 4.79 Å². The number of carbonyl (C=O) groups is 2. The average molecular weight is 425 g/mol. The Kier molecular flexibility index (Phi) is 5.94. The van der Waals surface area contributed by atoms with Gasteiger partial charge in [-0.25, -0.2) is 9.78 Å². The Morgan fingerprint density at radius 1 is 1.27 bits per heavy atom. The summed E-state index contributed by atoms with van der Waals surface area (Å²) < 4.78 is 1.47. The van der Waals surface area contributed by atoms with E-state index in [1.807, 2.05) is 30.3 Å². The maximum Gasteiger partial charge on any atom is 0.321 e. The highest BCUT2D eigenvalue weighted by atomic mass is 32.1. The second kappa shape index (κ2) is 8.79. The molecule has 1 aliphatic rings. The number of amides is 3. The van der Waals surface area contributed by atoms with Crippen molar-refractivity contribution >= 4 is 33.5 Å². The van der Waals surface area contributed by atoms with E-state index in [0.717, 1.165) is 35.2 Å². The summed E-state index contributed by atoms with van der Waals surface area (Å²) in [6, 6.07) is 8.89. The van der Waals surface area contributed by atoms with Gasteiger partial charge in [-0.3, -0.25) is 19.5 Å². The highest BCUT2D eigenvalue weighted by Gasteiger charge is 2.23. The number of rotatable bonds is 5. The number of nitrogens with one attached hydrogen (secondary N) is 2. The minimum atomic E-state index is -0.550. The molecule has 0 radical (unpaired) electrons. The predicted octanol–water partition coefficient (Wildman–Crippen LogP) is 3.00. The fraction of sp³-hybridized carbons (Fsp3) is 0.364. The van der Waals surface area contributed by atoms with Crippen molar-refractivity contribution in [1.29, 1.82) is 0 Å². The van der Waals surface area contributed by atoms with Crippen LogP contribution in [0.15, 0.2) is 41.5 Å². The predicted molar refractivity (Wildman–Crippen MR) is 117 cm³/mol. The number of carbonyl (C=O) groups excluding carboxylic acids is 2. The molecule has 2 N–H and O–H groups in total. The Morgan fingerprint density at radius 2 is 2.07 bits per heavy atom. The molecule has 4 rings (SSSR count). The SMILES string of the molecule is CC1CCc2c(sc3ncn(CCC(=O)NC(=O)NCc4ccccc4)c(=O)c23)C1. The highest BCUT2D eigenvalue weighted by molar-refractivity contribution is 7.18. The van der Waals surface area contributed by atoms with E-state index in [1.54, 1.807) is 11.3 Å². The lowest BCUT2D eigenvalue weighted by molar-refractivity contribution is -0.120. The van der Waals surface area contributed by atoms with Gasteiger partial charge < -0.3 is 5.32 Å². The molecule has 0 saturated carbocycles. The summed E-state index contributed by atoms with van der Waals surface area (Å²) in [5, 5.41) is 5.65. The molecular formula is C22H24N4O3S. The zero-order valence-corrected chi connectivity index (χ0v) is 17.6. The molecule has 0 fully saturated rings. The number of hydrogen-bond acceptors (Lipinski definition) is 5. The normalized spacial score (nSPS) is 15.6. The number of fused-ring (bicyclic) bond motifs is 3.